The number of para-hydroxylation sites is 1. The van der Waals surface area contributed by atoms with Gasteiger partial charge in [0.25, 0.3) is 5.56 Å². The molecule has 10 nitrogen and oxygen atoms in total. The molecule has 1 amide bonds. The number of esters is 1. The summed E-state index contributed by atoms with van der Waals surface area (Å²) < 4.78 is 19.4. The molecule has 0 bridgehead atoms. The first-order valence-electron chi connectivity index (χ1n) is 13.7. The number of carbonyl (C=O) groups excluding carboxylic acids is 2. The van der Waals surface area contributed by atoms with Crippen LogP contribution in [0.15, 0.2) is 64.2 Å². The second kappa shape index (κ2) is 13.3. The zero-order valence-electron chi connectivity index (χ0n) is 24.9. The molecule has 0 aliphatic heterocycles. The molecule has 2 aromatic carbocycles. The van der Waals surface area contributed by atoms with E-state index in [-0.39, 0.29) is 32.0 Å². The number of amides is 1. The van der Waals surface area contributed by atoms with E-state index in [0.29, 0.717) is 10.9 Å². The molecule has 2 unspecified atom stereocenters. The lowest BCUT2D eigenvalue weighted by Gasteiger charge is -2.26. The summed E-state index contributed by atoms with van der Waals surface area (Å²) in [6.07, 6.45) is -0.886. The van der Waals surface area contributed by atoms with Gasteiger partial charge in [0.1, 0.15) is 25.0 Å². The zero-order chi connectivity index (χ0) is 30.4. The molecule has 41 heavy (non-hydrogen) atoms. The Labute approximate surface area is 241 Å². The Morgan fingerprint density at radius 2 is 1.59 bits per heavy atom. The number of ether oxygens (including phenoxy) is 3. The molecule has 2 atom stereocenters. The number of fused-ring (bicyclic) bond motifs is 1. The summed E-state index contributed by atoms with van der Waals surface area (Å²) in [6, 6.07) is 14.8. The number of benzene rings is 2. The number of nitrogens with zero attached hydrogens (tertiary/aromatic N) is 2. The van der Waals surface area contributed by atoms with Crippen LogP contribution in [0.2, 0.25) is 19.6 Å². The van der Waals surface area contributed by atoms with Crippen molar-refractivity contribution in [3.05, 3.63) is 81.0 Å². The van der Waals surface area contributed by atoms with Gasteiger partial charge in [-0.05, 0) is 51.8 Å². The average Bonchev–Trinajstić information content (AvgIpc) is 2.89. The molecule has 1 N–H and O–H groups in total. The molecule has 0 aliphatic rings. The van der Waals surface area contributed by atoms with Crippen LogP contribution in [-0.2, 0) is 38.9 Å². The van der Waals surface area contributed by atoms with Crippen molar-refractivity contribution in [3.8, 4) is 0 Å². The molecule has 0 saturated heterocycles. The Bertz CT molecular complexity index is 1470. The fourth-order valence-corrected chi connectivity index (χ4v) is 4.49. The van der Waals surface area contributed by atoms with Gasteiger partial charge in [0.05, 0.1) is 19.0 Å². The Kier molecular flexibility index (Phi) is 10.3. The van der Waals surface area contributed by atoms with Crippen LogP contribution < -0.4 is 16.6 Å². The predicted molar refractivity (Wildman–Crippen MR) is 160 cm³/mol. The maximum Gasteiger partial charge on any atom is 0.408 e. The first-order valence-corrected chi connectivity index (χ1v) is 17.3. The topological polar surface area (TPSA) is 118 Å². The third kappa shape index (κ3) is 8.89. The van der Waals surface area contributed by atoms with Crippen LogP contribution >= 0.6 is 0 Å². The fourth-order valence-electron chi connectivity index (χ4n) is 3.92. The van der Waals surface area contributed by atoms with Gasteiger partial charge >= 0.3 is 17.8 Å². The molecular formula is C30H41N3O7Si. The highest BCUT2D eigenvalue weighted by atomic mass is 28.3. The maximum atomic E-state index is 13.6. The number of aromatic nitrogens is 2. The highest BCUT2D eigenvalue weighted by Crippen LogP contribution is 2.14. The second-order valence-electron chi connectivity index (χ2n) is 12.1. The van der Waals surface area contributed by atoms with E-state index in [2.05, 4.69) is 25.0 Å². The lowest BCUT2D eigenvalue weighted by atomic mass is 10.2. The van der Waals surface area contributed by atoms with Gasteiger partial charge in [0.2, 0.25) is 0 Å². The standard InChI is InChI=1S/C30H41N3O7Si/c1-21(41(5,6)7)39-20-33-25-16-12-11-15-23(25)26(34)32(29(33)37)18-17-24(31-28(36)40-30(2,3)4)27(35)38-19-22-13-9-8-10-14-22/h8-16,21,24H,17-20H2,1-7H3,(H,31,36). The summed E-state index contributed by atoms with van der Waals surface area (Å²) >= 11 is 0. The Morgan fingerprint density at radius 3 is 2.22 bits per heavy atom. The molecule has 1 aromatic heterocycles. The predicted octanol–water partition coefficient (Wildman–Crippen LogP) is 4.43. The first kappa shape index (κ1) is 31.8. The van der Waals surface area contributed by atoms with Crippen molar-refractivity contribution < 1.29 is 23.8 Å². The third-order valence-corrected chi connectivity index (χ3v) is 9.25. The molecule has 11 heteroatoms. The first-order chi connectivity index (χ1) is 19.2. The number of nitrogens with one attached hydrogen (secondary N) is 1. The highest BCUT2D eigenvalue weighted by Gasteiger charge is 2.27. The van der Waals surface area contributed by atoms with Crippen molar-refractivity contribution in [3.63, 3.8) is 0 Å². The van der Waals surface area contributed by atoms with Crippen LogP contribution in [-0.4, -0.2) is 46.6 Å². The minimum Gasteiger partial charge on any atom is -0.459 e. The van der Waals surface area contributed by atoms with Crippen LogP contribution in [0.4, 0.5) is 4.79 Å². The largest absolute Gasteiger partial charge is 0.459 e. The molecule has 1 heterocycles. The Morgan fingerprint density at radius 1 is 0.951 bits per heavy atom. The summed E-state index contributed by atoms with van der Waals surface area (Å²) in [6.45, 7) is 13.5. The van der Waals surface area contributed by atoms with Gasteiger partial charge in [0.15, 0.2) is 0 Å². The molecule has 3 rings (SSSR count). The lowest BCUT2D eigenvalue weighted by molar-refractivity contribution is -0.147. The van der Waals surface area contributed by atoms with E-state index >= 15 is 0 Å². The van der Waals surface area contributed by atoms with E-state index < -0.39 is 43.0 Å². The fraction of sp³-hybridized carbons (Fsp3) is 0.467. The maximum absolute atomic E-state index is 13.6. The van der Waals surface area contributed by atoms with Crippen molar-refractivity contribution in [2.45, 2.75) is 91.0 Å². The van der Waals surface area contributed by atoms with Gasteiger partial charge in [-0.15, -0.1) is 0 Å². The summed E-state index contributed by atoms with van der Waals surface area (Å²) in [4.78, 5) is 52.6. The molecule has 0 radical (unpaired) electrons. The van der Waals surface area contributed by atoms with E-state index in [1.54, 1.807) is 45.0 Å². The van der Waals surface area contributed by atoms with Gasteiger partial charge in [-0.3, -0.25) is 13.9 Å². The molecular weight excluding hydrogens is 542 g/mol. The number of hydrogen-bond donors (Lipinski definition) is 1. The summed E-state index contributed by atoms with van der Waals surface area (Å²) in [5.74, 6) is -0.707. The second-order valence-corrected chi connectivity index (χ2v) is 17.6. The Balaban J connectivity index is 1.90. The summed E-state index contributed by atoms with van der Waals surface area (Å²) in [5.41, 5.74) is -0.641. The van der Waals surface area contributed by atoms with Crippen molar-refractivity contribution in [2.24, 2.45) is 0 Å². The average molecular weight is 584 g/mol. The van der Waals surface area contributed by atoms with Crippen molar-refractivity contribution in [2.75, 3.05) is 0 Å². The highest BCUT2D eigenvalue weighted by molar-refractivity contribution is 6.77. The van der Waals surface area contributed by atoms with Crippen LogP contribution in [0, 0.1) is 0 Å². The van der Waals surface area contributed by atoms with Gasteiger partial charge in [0, 0.05) is 12.3 Å². The summed E-state index contributed by atoms with van der Waals surface area (Å²) in [7, 11) is -1.64. The van der Waals surface area contributed by atoms with Crippen LogP contribution in [0.5, 0.6) is 0 Å². The van der Waals surface area contributed by atoms with Crippen molar-refractivity contribution in [1.29, 1.82) is 0 Å². The molecule has 0 saturated carbocycles. The van der Waals surface area contributed by atoms with E-state index in [1.807, 2.05) is 37.3 Å². The van der Waals surface area contributed by atoms with E-state index in [9.17, 15) is 19.2 Å². The number of alkyl carbamates (subject to hydrolysis) is 1. The minimum atomic E-state index is -1.64. The van der Waals surface area contributed by atoms with E-state index in [1.165, 1.54) is 4.57 Å². The van der Waals surface area contributed by atoms with Gasteiger partial charge in [-0.25, -0.2) is 14.4 Å². The van der Waals surface area contributed by atoms with Crippen LogP contribution in [0.25, 0.3) is 10.9 Å². The van der Waals surface area contributed by atoms with Gasteiger partial charge in [-0.1, -0.05) is 62.1 Å². The summed E-state index contributed by atoms with van der Waals surface area (Å²) in [5, 5.41) is 2.89. The molecule has 0 spiro atoms. The SMILES string of the molecule is CC(OCn1c(=O)n(CCC(NC(=O)OC(C)(C)C)C(=O)OCc2ccccc2)c(=O)c2ccccc21)[Si](C)(C)C. The number of hydrogen-bond acceptors (Lipinski definition) is 7. The third-order valence-electron chi connectivity index (χ3n) is 6.65. The number of carbonyl (C=O) groups is 2. The van der Waals surface area contributed by atoms with Gasteiger partial charge in [-0.2, -0.15) is 0 Å². The normalized spacial score (nSPS) is 13.4. The molecule has 3 aromatic rings. The molecule has 222 valence electrons. The smallest absolute Gasteiger partial charge is 0.408 e. The number of rotatable bonds is 11. The minimum absolute atomic E-state index is 0.00150. The quantitative estimate of drug-likeness (QED) is 0.262. The van der Waals surface area contributed by atoms with Crippen molar-refractivity contribution >= 4 is 31.0 Å². The lowest BCUT2D eigenvalue weighted by Crippen LogP contribution is -2.47. The van der Waals surface area contributed by atoms with Crippen molar-refractivity contribution in [1.82, 2.24) is 14.5 Å². The van der Waals surface area contributed by atoms with Crippen LogP contribution in [0.3, 0.4) is 0 Å². The van der Waals surface area contributed by atoms with Gasteiger partial charge < -0.3 is 19.5 Å². The molecule has 0 aliphatic carbocycles. The monoisotopic (exact) mass is 583 g/mol. The van der Waals surface area contributed by atoms with E-state index in [4.69, 9.17) is 14.2 Å². The Hall–Kier alpha value is -3.70. The molecule has 0 fully saturated rings. The zero-order valence-corrected chi connectivity index (χ0v) is 25.9. The van der Waals surface area contributed by atoms with E-state index in [0.717, 1.165) is 10.1 Å². The van der Waals surface area contributed by atoms with Crippen LogP contribution in [0.1, 0.15) is 39.7 Å².